The monoisotopic (exact) mass is 264 g/mol. The number of hydrogen-bond acceptors (Lipinski definition) is 2. The van der Waals surface area contributed by atoms with Crippen LogP contribution in [0.3, 0.4) is 0 Å². The van der Waals surface area contributed by atoms with E-state index in [0.717, 1.165) is 6.42 Å². The van der Waals surface area contributed by atoms with Gasteiger partial charge in [0.15, 0.2) is 0 Å². The lowest BCUT2D eigenvalue weighted by atomic mass is 9.85. The van der Waals surface area contributed by atoms with Crippen molar-refractivity contribution in [2.75, 3.05) is 5.32 Å². The summed E-state index contributed by atoms with van der Waals surface area (Å²) in [5.41, 5.74) is 5.11. The van der Waals surface area contributed by atoms with Gasteiger partial charge in [-0.25, -0.2) is 4.39 Å². The van der Waals surface area contributed by atoms with Gasteiger partial charge in [0.2, 0.25) is 5.91 Å². The van der Waals surface area contributed by atoms with Crippen molar-refractivity contribution in [3.63, 3.8) is 0 Å². The van der Waals surface area contributed by atoms with E-state index in [2.05, 4.69) is 19.2 Å². The summed E-state index contributed by atoms with van der Waals surface area (Å²) >= 11 is 0. The average molecular weight is 264 g/mol. The molecule has 1 saturated carbocycles. The van der Waals surface area contributed by atoms with Gasteiger partial charge in [-0.3, -0.25) is 4.79 Å². The molecule has 2 rings (SSSR count). The Bertz CT molecular complexity index is 501. The number of primary amides is 1. The molecule has 19 heavy (non-hydrogen) atoms. The molecule has 0 spiro atoms. The minimum atomic E-state index is -0.869. The molecule has 1 aromatic rings. The first-order chi connectivity index (χ1) is 8.77. The van der Waals surface area contributed by atoms with Gasteiger partial charge in [-0.05, 0) is 36.3 Å². The van der Waals surface area contributed by atoms with Gasteiger partial charge in [0.25, 0.3) is 0 Å². The molecule has 0 radical (unpaired) electrons. The first-order valence-electron chi connectivity index (χ1n) is 6.59. The number of carbonyl (C=O) groups is 1. The maximum absolute atomic E-state index is 13.8. The van der Waals surface area contributed by atoms with Gasteiger partial charge in [0.05, 0.1) is 5.69 Å². The highest BCUT2D eigenvalue weighted by atomic mass is 19.1. The van der Waals surface area contributed by atoms with E-state index in [4.69, 9.17) is 5.73 Å². The number of anilines is 1. The predicted molar refractivity (Wildman–Crippen MR) is 74.1 cm³/mol. The zero-order valence-corrected chi connectivity index (χ0v) is 11.7. The van der Waals surface area contributed by atoms with Crippen LogP contribution in [0.15, 0.2) is 24.3 Å². The summed E-state index contributed by atoms with van der Waals surface area (Å²) in [4.78, 5) is 12.0. The molecule has 4 heteroatoms. The van der Waals surface area contributed by atoms with Crippen LogP contribution < -0.4 is 11.1 Å². The van der Waals surface area contributed by atoms with Crippen molar-refractivity contribution < 1.29 is 9.18 Å². The number of nitrogens with one attached hydrogen (secondary N) is 1. The van der Waals surface area contributed by atoms with Crippen molar-refractivity contribution in [3.8, 4) is 0 Å². The molecule has 1 fully saturated rings. The molecule has 0 aromatic heterocycles. The first kappa shape index (κ1) is 13.8. The first-order valence-corrected chi connectivity index (χ1v) is 6.59. The van der Waals surface area contributed by atoms with Crippen LogP contribution in [-0.2, 0) is 4.79 Å². The lowest BCUT2D eigenvalue weighted by molar-refractivity contribution is -0.123. The van der Waals surface area contributed by atoms with Crippen LogP contribution in [0.25, 0.3) is 0 Å². The van der Waals surface area contributed by atoms with E-state index >= 15 is 0 Å². The standard InChI is InChI=1S/C15H21FN2O/c1-10-8-14(2,3)9-15(10,13(17)19)18-12-7-5-4-6-11(12)16/h4-7,10,18H,8-9H2,1-3H3,(H2,17,19). The number of benzene rings is 1. The molecule has 2 unspecified atom stereocenters. The Kier molecular flexibility index (Phi) is 3.29. The SMILES string of the molecule is CC1CC(C)(C)CC1(Nc1ccccc1F)C(N)=O. The van der Waals surface area contributed by atoms with Crippen LogP contribution in [-0.4, -0.2) is 11.4 Å². The molecule has 3 nitrogen and oxygen atoms in total. The van der Waals surface area contributed by atoms with E-state index in [1.165, 1.54) is 6.07 Å². The summed E-state index contributed by atoms with van der Waals surface area (Å²) in [6.07, 6.45) is 1.50. The van der Waals surface area contributed by atoms with Crippen molar-refractivity contribution in [1.29, 1.82) is 0 Å². The fraction of sp³-hybridized carbons (Fsp3) is 0.533. The summed E-state index contributed by atoms with van der Waals surface area (Å²) in [6, 6.07) is 6.38. The highest BCUT2D eigenvalue weighted by Gasteiger charge is 2.52. The van der Waals surface area contributed by atoms with Crippen molar-refractivity contribution in [1.82, 2.24) is 0 Å². The Morgan fingerprint density at radius 3 is 2.53 bits per heavy atom. The Hall–Kier alpha value is -1.58. The van der Waals surface area contributed by atoms with Crippen LogP contribution in [0.2, 0.25) is 0 Å². The molecule has 1 amide bonds. The highest BCUT2D eigenvalue weighted by molar-refractivity contribution is 5.89. The second kappa shape index (κ2) is 4.51. The lowest BCUT2D eigenvalue weighted by Gasteiger charge is -2.33. The Morgan fingerprint density at radius 1 is 1.42 bits per heavy atom. The van der Waals surface area contributed by atoms with E-state index in [1.807, 2.05) is 6.92 Å². The number of para-hydroxylation sites is 1. The Labute approximate surface area is 113 Å². The van der Waals surface area contributed by atoms with E-state index in [1.54, 1.807) is 18.2 Å². The fourth-order valence-corrected chi connectivity index (χ4v) is 3.37. The molecule has 0 aliphatic heterocycles. The normalized spacial score (nSPS) is 29.2. The van der Waals surface area contributed by atoms with Crippen LogP contribution in [0.4, 0.5) is 10.1 Å². The average Bonchev–Trinajstić information content (AvgIpc) is 2.53. The van der Waals surface area contributed by atoms with Gasteiger partial charge in [0, 0.05) is 0 Å². The molecule has 0 saturated heterocycles. The largest absolute Gasteiger partial charge is 0.369 e. The van der Waals surface area contributed by atoms with Gasteiger partial charge < -0.3 is 11.1 Å². The minimum absolute atomic E-state index is 0.0205. The maximum atomic E-state index is 13.8. The van der Waals surface area contributed by atoms with Crippen LogP contribution in [0.5, 0.6) is 0 Å². The minimum Gasteiger partial charge on any atom is -0.369 e. The number of nitrogens with two attached hydrogens (primary N) is 1. The number of amides is 1. The van der Waals surface area contributed by atoms with Crippen molar-refractivity contribution >= 4 is 11.6 Å². The van der Waals surface area contributed by atoms with Gasteiger partial charge in [0.1, 0.15) is 11.4 Å². The van der Waals surface area contributed by atoms with Crippen molar-refractivity contribution in [2.24, 2.45) is 17.1 Å². The summed E-state index contributed by atoms with van der Waals surface area (Å²) in [7, 11) is 0. The summed E-state index contributed by atoms with van der Waals surface area (Å²) < 4.78 is 13.8. The van der Waals surface area contributed by atoms with Crippen molar-refractivity contribution in [2.45, 2.75) is 39.2 Å². The Morgan fingerprint density at radius 2 is 2.05 bits per heavy atom. The number of halogens is 1. The summed E-state index contributed by atoms with van der Waals surface area (Å²) in [5.74, 6) is -0.700. The smallest absolute Gasteiger partial charge is 0.243 e. The van der Waals surface area contributed by atoms with Gasteiger partial charge in [-0.15, -0.1) is 0 Å². The molecular weight excluding hydrogens is 243 g/mol. The molecule has 2 atom stereocenters. The molecule has 1 aliphatic rings. The zero-order valence-electron chi connectivity index (χ0n) is 11.7. The van der Waals surface area contributed by atoms with Crippen LogP contribution in [0, 0.1) is 17.2 Å². The molecule has 1 aromatic carbocycles. The van der Waals surface area contributed by atoms with Gasteiger partial charge >= 0.3 is 0 Å². The highest BCUT2D eigenvalue weighted by Crippen LogP contribution is 2.48. The number of hydrogen-bond donors (Lipinski definition) is 2. The third-order valence-corrected chi connectivity index (χ3v) is 4.13. The third-order valence-electron chi connectivity index (χ3n) is 4.13. The summed E-state index contributed by atoms with van der Waals surface area (Å²) in [6.45, 7) is 6.21. The number of carbonyl (C=O) groups excluding carboxylic acids is 1. The number of rotatable bonds is 3. The second-order valence-corrected chi connectivity index (χ2v) is 6.39. The van der Waals surface area contributed by atoms with Crippen molar-refractivity contribution in [3.05, 3.63) is 30.1 Å². The molecule has 3 N–H and O–H groups in total. The van der Waals surface area contributed by atoms with E-state index < -0.39 is 11.4 Å². The molecule has 104 valence electrons. The fourth-order valence-electron chi connectivity index (χ4n) is 3.37. The van der Waals surface area contributed by atoms with Gasteiger partial charge in [-0.1, -0.05) is 32.9 Å². The van der Waals surface area contributed by atoms with Gasteiger partial charge in [-0.2, -0.15) is 0 Å². The lowest BCUT2D eigenvalue weighted by Crippen LogP contribution is -2.53. The maximum Gasteiger partial charge on any atom is 0.243 e. The molecule has 1 aliphatic carbocycles. The predicted octanol–water partition coefficient (Wildman–Crippen LogP) is 2.92. The van der Waals surface area contributed by atoms with E-state index in [9.17, 15) is 9.18 Å². The zero-order chi connectivity index (χ0) is 14.3. The Balaban J connectivity index is 2.37. The van der Waals surface area contributed by atoms with Crippen LogP contribution in [0.1, 0.15) is 33.6 Å². The van der Waals surface area contributed by atoms with E-state index in [0.29, 0.717) is 12.1 Å². The molecule has 0 heterocycles. The molecular formula is C15H21FN2O. The van der Waals surface area contributed by atoms with E-state index in [-0.39, 0.29) is 17.2 Å². The van der Waals surface area contributed by atoms with Crippen LogP contribution >= 0.6 is 0 Å². The summed E-state index contributed by atoms with van der Waals surface area (Å²) in [5, 5.41) is 3.08. The quantitative estimate of drug-likeness (QED) is 0.882. The molecule has 0 bridgehead atoms. The third kappa shape index (κ3) is 2.44. The second-order valence-electron chi connectivity index (χ2n) is 6.39. The topological polar surface area (TPSA) is 55.1 Å².